The van der Waals surface area contributed by atoms with Crippen LogP contribution in [0.3, 0.4) is 0 Å². The van der Waals surface area contributed by atoms with Crippen molar-refractivity contribution in [3.05, 3.63) is 30.1 Å². The Morgan fingerprint density at radius 2 is 2.00 bits per heavy atom. The summed E-state index contributed by atoms with van der Waals surface area (Å²) in [7, 11) is 0. The lowest BCUT2D eigenvalue weighted by atomic mass is 10.1. The highest BCUT2D eigenvalue weighted by Gasteiger charge is 2.36. The molecule has 2 rings (SSSR count). The van der Waals surface area contributed by atoms with Crippen molar-refractivity contribution in [2.75, 3.05) is 11.6 Å². The number of carbonyl (C=O) groups is 2. The van der Waals surface area contributed by atoms with E-state index in [1.54, 1.807) is 41.2 Å². The van der Waals surface area contributed by atoms with Gasteiger partial charge in [0.15, 0.2) is 0 Å². The predicted molar refractivity (Wildman–Crippen MR) is 79.4 cm³/mol. The molecule has 20 heavy (non-hydrogen) atoms. The fraction of sp³-hybridized carbons (Fsp3) is 0.500. The highest BCUT2D eigenvalue weighted by molar-refractivity contribution is 7.99. The third-order valence-corrected chi connectivity index (χ3v) is 3.88. The number of hydrogen-bond donors (Lipinski definition) is 1. The van der Waals surface area contributed by atoms with Gasteiger partial charge >= 0.3 is 0 Å². The van der Waals surface area contributed by atoms with Crippen molar-refractivity contribution in [3.8, 4) is 0 Å². The van der Waals surface area contributed by atoms with Crippen molar-refractivity contribution >= 4 is 23.6 Å². The van der Waals surface area contributed by atoms with E-state index < -0.39 is 6.04 Å². The third kappa shape index (κ3) is 3.50. The van der Waals surface area contributed by atoms with E-state index in [0.29, 0.717) is 17.2 Å². The standard InChI is InChI=1S/C14H19N3O2S/c1-14(2,3)16-12(18)11-8-20-9-17(11)13(19)10-4-6-15-7-5-10/h4-7,11H,8-9H2,1-3H3,(H,16,18)/t11-/m0/s1. The SMILES string of the molecule is CC(C)(C)NC(=O)[C@@H]1CSCN1C(=O)c1ccncc1. The molecule has 1 saturated heterocycles. The number of pyridine rings is 1. The van der Waals surface area contributed by atoms with Gasteiger partial charge in [0.2, 0.25) is 5.91 Å². The molecular weight excluding hydrogens is 274 g/mol. The summed E-state index contributed by atoms with van der Waals surface area (Å²) in [4.78, 5) is 30.2. The molecule has 2 amide bonds. The zero-order chi connectivity index (χ0) is 14.8. The maximum Gasteiger partial charge on any atom is 0.255 e. The normalized spacial score (nSPS) is 18.9. The molecule has 0 radical (unpaired) electrons. The molecule has 0 aliphatic carbocycles. The molecule has 0 unspecified atom stereocenters. The highest BCUT2D eigenvalue weighted by atomic mass is 32.2. The van der Waals surface area contributed by atoms with Gasteiger partial charge < -0.3 is 10.2 Å². The summed E-state index contributed by atoms with van der Waals surface area (Å²) in [5, 5.41) is 2.94. The number of amides is 2. The van der Waals surface area contributed by atoms with E-state index >= 15 is 0 Å². The van der Waals surface area contributed by atoms with Crippen LogP contribution in [0.25, 0.3) is 0 Å². The first-order valence-corrected chi connectivity index (χ1v) is 7.65. The van der Waals surface area contributed by atoms with Gasteiger partial charge in [-0.05, 0) is 32.9 Å². The summed E-state index contributed by atoms with van der Waals surface area (Å²) in [6.07, 6.45) is 3.17. The Morgan fingerprint density at radius 1 is 1.35 bits per heavy atom. The number of nitrogens with one attached hydrogen (secondary N) is 1. The van der Waals surface area contributed by atoms with E-state index in [0.717, 1.165) is 0 Å². The Hall–Kier alpha value is -1.56. The van der Waals surface area contributed by atoms with Gasteiger partial charge in [-0.3, -0.25) is 14.6 Å². The van der Waals surface area contributed by atoms with Crippen molar-refractivity contribution in [3.63, 3.8) is 0 Å². The molecule has 0 spiro atoms. The Bertz CT molecular complexity index is 499. The molecule has 108 valence electrons. The molecule has 6 heteroatoms. The van der Waals surface area contributed by atoms with Crippen LogP contribution in [0, 0.1) is 0 Å². The number of nitrogens with zero attached hydrogens (tertiary/aromatic N) is 2. The first-order valence-electron chi connectivity index (χ1n) is 6.49. The minimum Gasteiger partial charge on any atom is -0.350 e. The number of thioether (sulfide) groups is 1. The van der Waals surface area contributed by atoms with Gasteiger partial charge in [-0.1, -0.05) is 0 Å². The molecule has 1 aromatic heterocycles. The van der Waals surface area contributed by atoms with E-state index in [-0.39, 0.29) is 17.4 Å². The fourth-order valence-corrected chi connectivity index (χ4v) is 3.13. The summed E-state index contributed by atoms with van der Waals surface area (Å²) in [5.74, 6) is 0.971. The smallest absolute Gasteiger partial charge is 0.255 e. The van der Waals surface area contributed by atoms with E-state index in [4.69, 9.17) is 0 Å². The minimum atomic E-state index is -0.403. The summed E-state index contributed by atoms with van der Waals surface area (Å²) >= 11 is 1.60. The van der Waals surface area contributed by atoms with Crippen LogP contribution >= 0.6 is 11.8 Å². The number of aromatic nitrogens is 1. The van der Waals surface area contributed by atoms with Gasteiger partial charge in [-0.25, -0.2) is 0 Å². The minimum absolute atomic E-state index is 0.0927. The first kappa shape index (κ1) is 14.8. The van der Waals surface area contributed by atoms with Crippen molar-refractivity contribution in [1.82, 2.24) is 15.2 Å². The van der Waals surface area contributed by atoms with E-state index in [1.807, 2.05) is 20.8 Å². The quantitative estimate of drug-likeness (QED) is 0.898. The summed E-state index contributed by atoms with van der Waals surface area (Å²) in [5.41, 5.74) is 0.270. The van der Waals surface area contributed by atoms with Crippen molar-refractivity contribution in [2.45, 2.75) is 32.4 Å². The Morgan fingerprint density at radius 3 is 2.60 bits per heavy atom. The zero-order valence-corrected chi connectivity index (χ0v) is 12.7. The average molecular weight is 293 g/mol. The van der Waals surface area contributed by atoms with Gasteiger partial charge in [-0.15, -0.1) is 11.8 Å². The van der Waals surface area contributed by atoms with E-state index in [1.165, 1.54) is 0 Å². The lowest BCUT2D eigenvalue weighted by Crippen LogP contribution is -2.52. The van der Waals surface area contributed by atoms with E-state index in [9.17, 15) is 9.59 Å². The largest absolute Gasteiger partial charge is 0.350 e. The second kappa shape index (κ2) is 5.83. The summed E-state index contributed by atoms with van der Waals surface area (Å²) < 4.78 is 0. The molecule has 0 saturated carbocycles. The lowest BCUT2D eigenvalue weighted by Gasteiger charge is -2.27. The third-order valence-electron chi connectivity index (χ3n) is 2.87. The van der Waals surface area contributed by atoms with Crippen LogP contribution < -0.4 is 5.32 Å². The number of carbonyl (C=O) groups excluding carboxylic acids is 2. The monoisotopic (exact) mass is 293 g/mol. The van der Waals surface area contributed by atoms with Crippen LogP contribution in [0.4, 0.5) is 0 Å². The second-order valence-corrected chi connectivity index (χ2v) is 6.77. The molecule has 1 atom stereocenters. The molecule has 1 aliphatic heterocycles. The van der Waals surface area contributed by atoms with Crippen molar-refractivity contribution < 1.29 is 9.59 Å². The van der Waals surface area contributed by atoms with Gasteiger partial charge in [-0.2, -0.15) is 0 Å². The molecule has 1 aliphatic rings. The van der Waals surface area contributed by atoms with E-state index in [2.05, 4.69) is 10.3 Å². The number of hydrogen-bond acceptors (Lipinski definition) is 4. The second-order valence-electron chi connectivity index (χ2n) is 5.77. The molecule has 5 nitrogen and oxygen atoms in total. The Kier molecular flexibility index (Phi) is 4.32. The molecule has 0 bridgehead atoms. The molecule has 1 aromatic rings. The topological polar surface area (TPSA) is 62.3 Å². The predicted octanol–water partition coefficient (Wildman–Crippen LogP) is 1.51. The van der Waals surface area contributed by atoms with Crippen LogP contribution in [0.5, 0.6) is 0 Å². The Labute approximate surface area is 123 Å². The molecule has 1 N–H and O–H groups in total. The molecule has 1 fully saturated rings. The van der Waals surface area contributed by atoms with Gasteiger partial charge in [0, 0.05) is 29.2 Å². The molecule has 0 aromatic carbocycles. The van der Waals surface area contributed by atoms with Crippen LogP contribution in [0.2, 0.25) is 0 Å². The maximum atomic E-state index is 12.4. The van der Waals surface area contributed by atoms with Crippen molar-refractivity contribution in [1.29, 1.82) is 0 Å². The average Bonchev–Trinajstić information content (AvgIpc) is 2.86. The molecule has 2 heterocycles. The van der Waals surface area contributed by atoms with Gasteiger partial charge in [0.1, 0.15) is 6.04 Å². The van der Waals surface area contributed by atoms with Crippen LogP contribution in [-0.2, 0) is 4.79 Å². The molecular formula is C14H19N3O2S. The van der Waals surface area contributed by atoms with Crippen molar-refractivity contribution in [2.24, 2.45) is 0 Å². The Balaban J connectivity index is 2.11. The zero-order valence-electron chi connectivity index (χ0n) is 11.9. The van der Waals surface area contributed by atoms with Gasteiger partial charge in [0.25, 0.3) is 5.91 Å². The summed E-state index contributed by atoms with van der Waals surface area (Å²) in [6, 6.07) is 2.94. The van der Waals surface area contributed by atoms with Crippen LogP contribution in [-0.4, -0.2) is 44.9 Å². The van der Waals surface area contributed by atoms with Gasteiger partial charge in [0.05, 0.1) is 5.88 Å². The highest BCUT2D eigenvalue weighted by Crippen LogP contribution is 2.23. The van der Waals surface area contributed by atoms with Crippen LogP contribution in [0.1, 0.15) is 31.1 Å². The maximum absolute atomic E-state index is 12.4. The fourth-order valence-electron chi connectivity index (χ4n) is 1.97. The van der Waals surface area contributed by atoms with Crippen LogP contribution in [0.15, 0.2) is 24.5 Å². The summed E-state index contributed by atoms with van der Waals surface area (Å²) in [6.45, 7) is 5.80. The lowest BCUT2D eigenvalue weighted by molar-refractivity contribution is -0.125. The first-order chi connectivity index (χ1) is 9.38. The number of rotatable bonds is 2.